The van der Waals surface area contributed by atoms with E-state index in [9.17, 15) is 4.79 Å². The molecule has 0 aliphatic rings. The average Bonchev–Trinajstić information content (AvgIpc) is 2.57. The van der Waals surface area contributed by atoms with Gasteiger partial charge >= 0.3 is 0 Å². The number of ether oxygens (including phenoxy) is 1. The monoisotopic (exact) mass is 388 g/mol. The van der Waals surface area contributed by atoms with Gasteiger partial charge in [0.25, 0.3) is 0 Å². The van der Waals surface area contributed by atoms with E-state index in [1.165, 1.54) is 5.56 Å². The highest BCUT2D eigenvalue weighted by Crippen LogP contribution is 2.14. The summed E-state index contributed by atoms with van der Waals surface area (Å²) in [4.78, 5) is 11.8. The van der Waals surface area contributed by atoms with Crippen molar-refractivity contribution in [1.29, 1.82) is 0 Å². The van der Waals surface area contributed by atoms with Gasteiger partial charge in [-0.15, -0.1) is 0 Å². The molecule has 0 aromatic heterocycles. The van der Waals surface area contributed by atoms with Crippen LogP contribution in [0.1, 0.15) is 30.9 Å². The standard InChI is InChI=1S/C19H21BrN2O2/c1-2-24-18-11-9-15(10-12-18)5-4-8-19(23)22-21-14-16-6-3-7-17(20)13-16/h3,6-7,9-14H,2,4-5,8H2,1H3,(H,22,23)/b21-14+. The lowest BCUT2D eigenvalue weighted by molar-refractivity contribution is -0.121. The van der Waals surface area contributed by atoms with Gasteiger partial charge in [-0.05, 0) is 55.2 Å². The highest BCUT2D eigenvalue weighted by atomic mass is 79.9. The first-order valence-corrected chi connectivity index (χ1v) is 8.76. The smallest absolute Gasteiger partial charge is 0.240 e. The van der Waals surface area contributed by atoms with E-state index < -0.39 is 0 Å². The average molecular weight is 389 g/mol. The fourth-order valence-corrected chi connectivity index (χ4v) is 2.61. The van der Waals surface area contributed by atoms with Crippen LogP contribution in [0.25, 0.3) is 0 Å². The van der Waals surface area contributed by atoms with Gasteiger partial charge in [-0.25, -0.2) is 5.43 Å². The Hall–Kier alpha value is -2.14. The van der Waals surface area contributed by atoms with Crippen molar-refractivity contribution in [1.82, 2.24) is 5.43 Å². The van der Waals surface area contributed by atoms with E-state index in [0.717, 1.165) is 28.6 Å². The Morgan fingerprint density at radius 1 is 1.25 bits per heavy atom. The maximum atomic E-state index is 11.8. The van der Waals surface area contributed by atoms with Gasteiger partial charge in [-0.2, -0.15) is 5.10 Å². The molecule has 0 heterocycles. The number of carbonyl (C=O) groups is 1. The summed E-state index contributed by atoms with van der Waals surface area (Å²) in [5.74, 6) is 0.799. The van der Waals surface area contributed by atoms with Crippen molar-refractivity contribution >= 4 is 28.1 Å². The number of rotatable bonds is 8. The molecule has 0 aliphatic carbocycles. The summed E-state index contributed by atoms with van der Waals surface area (Å²) in [6.07, 6.45) is 3.72. The van der Waals surface area contributed by atoms with E-state index in [1.807, 2.05) is 55.5 Å². The highest BCUT2D eigenvalue weighted by molar-refractivity contribution is 9.10. The number of halogens is 1. The molecule has 0 atom stereocenters. The summed E-state index contributed by atoms with van der Waals surface area (Å²) in [6, 6.07) is 15.7. The normalized spacial score (nSPS) is 10.8. The third-order valence-corrected chi connectivity index (χ3v) is 3.85. The Balaban J connectivity index is 1.69. The van der Waals surface area contributed by atoms with Gasteiger partial charge in [0.05, 0.1) is 12.8 Å². The van der Waals surface area contributed by atoms with Gasteiger partial charge < -0.3 is 4.74 Å². The van der Waals surface area contributed by atoms with Crippen LogP contribution in [-0.2, 0) is 11.2 Å². The van der Waals surface area contributed by atoms with Crippen LogP contribution in [0.15, 0.2) is 58.1 Å². The van der Waals surface area contributed by atoms with Gasteiger partial charge in [0.2, 0.25) is 5.91 Å². The molecule has 2 aromatic carbocycles. The van der Waals surface area contributed by atoms with Crippen molar-refractivity contribution in [2.45, 2.75) is 26.2 Å². The Kier molecular flexibility index (Phi) is 7.49. The second-order valence-electron chi connectivity index (χ2n) is 5.28. The number of hydrazone groups is 1. The van der Waals surface area contributed by atoms with Crippen LogP contribution in [-0.4, -0.2) is 18.7 Å². The molecule has 2 rings (SSSR count). The fraction of sp³-hybridized carbons (Fsp3) is 0.263. The lowest BCUT2D eigenvalue weighted by atomic mass is 10.1. The third kappa shape index (κ3) is 6.54. The van der Waals surface area contributed by atoms with Gasteiger partial charge in [0, 0.05) is 10.9 Å². The number of amides is 1. The van der Waals surface area contributed by atoms with E-state index in [-0.39, 0.29) is 5.91 Å². The van der Waals surface area contributed by atoms with Crippen molar-refractivity contribution in [3.05, 3.63) is 64.1 Å². The van der Waals surface area contributed by atoms with E-state index in [4.69, 9.17) is 4.74 Å². The first kappa shape index (κ1) is 18.2. The highest BCUT2D eigenvalue weighted by Gasteiger charge is 2.01. The predicted molar refractivity (Wildman–Crippen MR) is 100 cm³/mol. The molecule has 0 unspecified atom stereocenters. The third-order valence-electron chi connectivity index (χ3n) is 3.36. The minimum Gasteiger partial charge on any atom is -0.494 e. The molecule has 1 amide bonds. The van der Waals surface area contributed by atoms with E-state index in [0.29, 0.717) is 13.0 Å². The maximum Gasteiger partial charge on any atom is 0.240 e. The summed E-state index contributed by atoms with van der Waals surface area (Å²) >= 11 is 3.40. The van der Waals surface area contributed by atoms with Crippen LogP contribution >= 0.6 is 15.9 Å². The van der Waals surface area contributed by atoms with Crippen molar-refractivity contribution in [3.63, 3.8) is 0 Å². The largest absolute Gasteiger partial charge is 0.494 e. The molecular weight excluding hydrogens is 368 g/mol. The van der Waals surface area contributed by atoms with Crippen LogP contribution < -0.4 is 10.2 Å². The minimum absolute atomic E-state index is 0.0767. The molecule has 0 spiro atoms. The molecule has 0 aliphatic heterocycles. The molecule has 0 fully saturated rings. The van der Waals surface area contributed by atoms with Crippen LogP contribution in [0.3, 0.4) is 0 Å². The van der Waals surface area contributed by atoms with E-state index in [2.05, 4.69) is 26.5 Å². The summed E-state index contributed by atoms with van der Waals surface area (Å²) in [6.45, 7) is 2.63. The zero-order chi connectivity index (χ0) is 17.2. The van der Waals surface area contributed by atoms with E-state index in [1.54, 1.807) is 6.21 Å². The molecular formula is C19H21BrN2O2. The molecule has 0 bridgehead atoms. The van der Waals surface area contributed by atoms with Crippen LogP contribution in [0.2, 0.25) is 0 Å². The van der Waals surface area contributed by atoms with Gasteiger partial charge in [0.1, 0.15) is 5.75 Å². The number of nitrogens with one attached hydrogen (secondary N) is 1. The molecule has 2 aromatic rings. The SMILES string of the molecule is CCOc1ccc(CCCC(=O)N/N=C/c2cccc(Br)c2)cc1. The topological polar surface area (TPSA) is 50.7 Å². The first-order chi connectivity index (χ1) is 11.7. The van der Waals surface area contributed by atoms with Crippen LogP contribution in [0, 0.1) is 0 Å². The predicted octanol–water partition coefficient (Wildman–Crippen LogP) is 4.32. The van der Waals surface area contributed by atoms with Gasteiger partial charge in [-0.3, -0.25) is 4.79 Å². The minimum atomic E-state index is -0.0767. The quantitative estimate of drug-likeness (QED) is 0.540. The second-order valence-corrected chi connectivity index (χ2v) is 6.19. The zero-order valence-corrected chi connectivity index (χ0v) is 15.3. The maximum absolute atomic E-state index is 11.8. The number of hydrogen-bond acceptors (Lipinski definition) is 3. The summed E-state index contributed by atoms with van der Waals surface area (Å²) in [5, 5.41) is 3.98. The van der Waals surface area contributed by atoms with Gasteiger partial charge in [-0.1, -0.05) is 40.2 Å². The van der Waals surface area contributed by atoms with Crippen LogP contribution in [0.4, 0.5) is 0 Å². The summed E-state index contributed by atoms with van der Waals surface area (Å²) < 4.78 is 6.39. The Labute approximate surface area is 151 Å². The number of carbonyl (C=O) groups excluding carboxylic acids is 1. The second kappa shape index (κ2) is 9.88. The molecule has 4 nitrogen and oxygen atoms in total. The van der Waals surface area contributed by atoms with Gasteiger partial charge in [0.15, 0.2) is 0 Å². The molecule has 1 N–H and O–H groups in total. The van der Waals surface area contributed by atoms with Crippen molar-refractivity contribution < 1.29 is 9.53 Å². The zero-order valence-electron chi connectivity index (χ0n) is 13.7. The lowest BCUT2D eigenvalue weighted by Gasteiger charge is -2.05. The lowest BCUT2D eigenvalue weighted by Crippen LogP contribution is -2.17. The molecule has 5 heteroatoms. The Morgan fingerprint density at radius 3 is 2.75 bits per heavy atom. The molecule has 0 saturated carbocycles. The van der Waals surface area contributed by atoms with Crippen LogP contribution in [0.5, 0.6) is 5.75 Å². The number of benzene rings is 2. The summed E-state index contributed by atoms with van der Waals surface area (Å²) in [5.41, 5.74) is 4.69. The molecule has 126 valence electrons. The molecule has 0 saturated heterocycles. The van der Waals surface area contributed by atoms with E-state index >= 15 is 0 Å². The van der Waals surface area contributed by atoms with Crippen molar-refractivity contribution in [3.8, 4) is 5.75 Å². The molecule has 24 heavy (non-hydrogen) atoms. The Morgan fingerprint density at radius 2 is 2.04 bits per heavy atom. The first-order valence-electron chi connectivity index (χ1n) is 7.96. The molecule has 0 radical (unpaired) electrons. The van der Waals surface area contributed by atoms with Crippen molar-refractivity contribution in [2.24, 2.45) is 5.10 Å². The number of aryl methyl sites for hydroxylation is 1. The Bertz CT molecular complexity index is 684. The number of hydrogen-bond donors (Lipinski definition) is 1. The number of nitrogens with zero attached hydrogens (tertiary/aromatic N) is 1. The fourth-order valence-electron chi connectivity index (χ4n) is 2.19. The van der Waals surface area contributed by atoms with Crippen molar-refractivity contribution in [2.75, 3.05) is 6.61 Å². The summed E-state index contributed by atoms with van der Waals surface area (Å²) in [7, 11) is 0.